The molecule has 0 spiro atoms. The number of nitrogens with zero attached hydrogens (tertiary/aromatic N) is 2. The number of aromatic nitrogens is 2. The zero-order valence-electron chi connectivity index (χ0n) is 8.65. The molecule has 2 N–H and O–H groups in total. The van der Waals surface area contributed by atoms with Crippen molar-refractivity contribution in [3.63, 3.8) is 0 Å². The quantitative estimate of drug-likeness (QED) is 0.696. The van der Waals surface area contributed by atoms with Crippen molar-refractivity contribution in [2.45, 2.75) is 19.8 Å². The van der Waals surface area contributed by atoms with Gasteiger partial charge in [0.05, 0.1) is 18.8 Å². The van der Waals surface area contributed by atoms with Gasteiger partial charge in [-0.15, -0.1) is 0 Å². The molecule has 1 aromatic heterocycles. The average molecular weight is 211 g/mol. The number of rotatable bonds is 2. The minimum absolute atomic E-state index is 0.194. The first-order valence-corrected chi connectivity index (χ1v) is 4.68. The second-order valence-corrected chi connectivity index (χ2v) is 3.49. The van der Waals surface area contributed by atoms with E-state index in [9.17, 15) is 9.90 Å². The van der Waals surface area contributed by atoms with E-state index in [-0.39, 0.29) is 12.5 Å². The van der Waals surface area contributed by atoms with Crippen molar-refractivity contribution in [2.75, 3.05) is 13.7 Å². The molecular weight excluding hydrogens is 198 g/mol. The van der Waals surface area contributed by atoms with Gasteiger partial charge in [-0.05, 0) is 6.92 Å². The molecule has 0 saturated heterocycles. The first-order chi connectivity index (χ1) is 7.15. The Morgan fingerprint density at radius 3 is 3.07 bits per heavy atom. The van der Waals surface area contributed by atoms with E-state index in [4.69, 9.17) is 4.74 Å². The molecule has 1 aliphatic rings. The van der Waals surface area contributed by atoms with Crippen LogP contribution in [0.5, 0.6) is 0 Å². The first kappa shape index (κ1) is 10.1. The summed E-state index contributed by atoms with van der Waals surface area (Å²) in [5, 5.41) is 16.4. The average Bonchev–Trinajstić information content (AvgIpc) is 2.53. The second kappa shape index (κ2) is 3.63. The lowest BCUT2D eigenvalue weighted by atomic mass is 10.2. The summed E-state index contributed by atoms with van der Waals surface area (Å²) in [4.78, 5) is 11.5. The van der Waals surface area contributed by atoms with Gasteiger partial charge in [-0.2, -0.15) is 5.10 Å². The molecule has 6 nitrogen and oxygen atoms in total. The number of nitrogens with one attached hydrogen (secondary N) is 1. The lowest BCUT2D eigenvalue weighted by molar-refractivity contribution is 0.0585. The van der Waals surface area contributed by atoms with Crippen LogP contribution in [0.4, 0.5) is 0 Å². The van der Waals surface area contributed by atoms with Crippen LogP contribution in [0.15, 0.2) is 0 Å². The number of carbonyl (C=O) groups is 1. The highest BCUT2D eigenvalue weighted by molar-refractivity contribution is 5.94. The molecular formula is C9H13N3O3. The summed E-state index contributed by atoms with van der Waals surface area (Å²) in [7, 11) is 1.56. The Labute approximate surface area is 86.8 Å². The van der Waals surface area contributed by atoms with Crippen molar-refractivity contribution < 1.29 is 14.6 Å². The molecule has 1 aliphatic heterocycles. The molecule has 0 aromatic carbocycles. The van der Waals surface area contributed by atoms with Crippen LogP contribution in [0, 0.1) is 6.92 Å². The van der Waals surface area contributed by atoms with Crippen LogP contribution in [0.1, 0.15) is 28.0 Å². The highest BCUT2D eigenvalue weighted by atomic mass is 16.5. The van der Waals surface area contributed by atoms with Crippen molar-refractivity contribution in [3.8, 4) is 0 Å². The van der Waals surface area contributed by atoms with E-state index in [2.05, 4.69) is 10.4 Å². The third kappa shape index (κ3) is 1.51. The van der Waals surface area contributed by atoms with Gasteiger partial charge in [0.1, 0.15) is 5.69 Å². The Balaban J connectivity index is 2.49. The lowest BCUT2D eigenvalue weighted by Gasteiger charge is -2.20. The summed E-state index contributed by atoms with van der Waals surface area (Å²) in [6.45, 7) is 2.33. The highest BCUT2D eigenvalue weighted by Crippen LogP contribution is 2.20. The van der Waals surface area contributed by atoms with E-state index >= 15 is 0 Å². The van der Waals surface area contributed by atoms with Gasteiger partial charge in [-0.25, -0.2) is 4.68 Å². The Morgan fingerprint density at radius 1 is 1.73 bits per heavy atom. The van der Waals surface area contributed by atoms with Gasteiger partial charge in [0, 0.05) is 12.7 Å². The fraction of sp³-hybridized carbons (Fsp3) is 0.556. The zero-order valence-corrected chi connectivity index (χ0v) is 8.65. The highest BCUT2D eigenvalue weighted by Gasteiger charge is 2.28. The molecule has 2 rings (SSSR count). The van der Waals surface area contributed by atoms with Crippen molar-refractivity contribution in [3.05, 3.63) is 17.0 Å². The molecule has 1 aromatic rings. The molecule has 1 amide bonds. The predicted molar refractivity (Wildman–Crippen MR) is 51.3 cm³/mol. The summed E-state index contributed by atoms with van der Waals surface area (Å²) in [5.41, 5.74) is 1.86. The van der Waals surface area contributed by atoms with Gasteiger partial charge in [-0.1, -0.05) is 0 Å². The summed E-state index contributed by atoms with van der Waals surface area (Å²) in [6.07, 6.45) is -0.790. The Kier molecular flexibility index (Phi) is 2.45. The van der Waals surface area contributed by atoms with Crippen molar-refractivity contribution in [1.82, 2.24) is 15.1 Å². The van der Waals surface area contributed by atoms with Crippen molar-refractivity contribution >= 4 is 5.91 Å². The van der Waals surface area contributed by atoms with Crippen molar-refractivity contribution in [1.29, 1.82) is 0 Å². The van der Waals surface area contributed by atoms with Crippen LogP contribution in [-0.2, 0) is 11.3 Å². The van der Waals surface area contributed by atoms with Crippen LogP contribution in [0.25, 0.3) is 0 Å². The summed E-state index contributed by atoms with van der Waals surface area (Å²) in [5.74, 6) is -0.201. The monoisotopic (exact) mass is 211 g/mol. The number of fused-ring (bicyclic) bond motifs is 1. The molecule has 1 unspecified atom stereocenters. The molecule has 0 aliphatic carbocycles. The molecule has 15 heavy (non-hydrogen) atoms. The van der Waals surface area contributed by atoms with E-state index in [0.717, 1.165) is 5.56 Å². The number of amides is 1. The fourth-order valence-corrected chi connectivity index (χ4v) is 1.68. The normalized spacial score (nSPS) is 19.9. The van der Waals surface area contributed by atoms with Gasteiger partial charge >= 0.3 is 0 Å². The third-order valence-electron chi connectivity index (χ3n) is 2.47. The maximum absolute atomic E-state index is 11.5. The van der Waals surface area contributed by atoms with E-state index in [1.807, 2.05) is 0 Å². The van der Waals surface area contributed by atoms with Crippen LogP contribution in [0.2, 0.25) is 0 Å². The maximum Gasteiger partial charge on any atom is 0.270 e. The minimum atomic E-state index is -0.790. The lowest BCUT2D eigenvalue weighted by Crippen LogP contribution is -2.39. The standard InChI is InChI=1S/C9H13N3O3/c1-5-6(4-15-2)11-12-7(13)3-10-9(14)8(5)12/h7,13H,3-4H2,1-2H3,(H,10,14). The number of β-amino-alcohol motifs (C(OH)–C–C–N with tert-alkyl or cyclic N) is 1. The van der Waals surface area contributed by atoms with Crippen LogP contribution in [-0.4, -0.2) is 34.4 Å². The first-order valence-electron chi connectivity index (χ1n) is 4.68. The maximum atomic E-state index is 11.5. The number of aliphatic hydroxyl groups is 1. The molecule has 0 saturated carbocycles. The largest absolute Gasteiger partial charge is 0.378 e. The second-order valence-electron chi connectivity index (χ2n) is 3.49. The molecule has 6 heteroatoms. The number of aliphatic hydroxyl groups excluding tert-OH is 1. The number of carbonyl (C=O) groups excluding carboxylic acids is 1. The molecule has 2 heterocycles. The van der Waals surface area contributed by atoms with Gasteiger partial charge in [0.2, 0.25) is 0 Å². The fourth-order valence-electron chi connectivity index (χ4n) is 1.68. The van der Waals surface area contributed by atoms with E-state index in [1.54, 1.807) is 14.0 Å². The Hall–Kier alpha value is -1.40. The minimum Gasteiger partial charge on any atom is -0.378 e. The zero-order chi connectivity index (χ0) is 11.0. The third-order valence-corrected chi connectivity index (χ3v) is 2.47. The summed E-state index contributed by atoms with van der Waals surface area (Å²) >= 11 is 0. The van der Waals surface area contributed by atoms with Gasteiger partial charge in [0.25, 0.3) is 5.91 Å². The molecule has 1 atom stereocenters. The SMILES string of the molecule is COCc1nn2c(c1C)C(=O)NCC2O. The van der Waals surface area contributed by atoms with Crippen molar-refractivity contribution in [2.24, 2.45) is 0 Å². The Morgan fingerprint density at radius 2 is 2.47 bits per heavy atom. The molecule has 0 fully saturated rings. The van der Waals surface area contributed by atoms with E-state index in [1.165, 1.54) is 4.68 Å². The van der Waals surface area contributed by atoms with Gasteiger partial charge in [0.15, 0.2) is 6.23 Å². The molecule has 0 radical (unpaired) electrons. The van der Waals surface area contributed by atoms with Crippen LogP contribution in [0.3, 0.4) is 0 Å². The molecule has 0 bridgehead atoms. The van der Waals surface area contributed by atoms with Crippen LogP contribution < -0.4 is 5.32 Å². The Bertz CT molecular complexity index is 400. The number of ether oxygens (including phenoxy) is 1. The summed E-state index contributed by atoms with van der Waals surface area (Å²) < 4.78 is 6.32. The summed E-state index contributed by atoms with van der Waals surface area (Å²) in [6, 6.07) is 0. The smallest absolute Gasteiger partial charge is 0.270 e. The van der Waals surface area contributed by atoms with E-state index < -0.39 is 6.23 Å². The topological polar surface area (TPSA) is 76.4 Å². The van der Waals surface area contributed by atoms with E-state index in [0.29, 0.717) is 18.0 Å². The number of methoxy groups -OCH3 is 1. The predicted octanol–water partition coefficient (Wildman–Crippen LogP) is -0.428. The van der Waals surface area contributed by atoms with Gasteiger partial charge < -0.3 is 15.2 Å². The van der Waals surface area contributed by atoms with Crippen LogP contribution >= 0.6 is 0 Å². The number of hydrogen-bond donors (Lipinski definition) is 2. The van der Waals surface area contributed by atoms with Gasteiger partial charge in [-0.3, -0.25) is 4.79 Å². The molecule has 82 valence electrons. The number of hydrogen-bond acceptors (Lipinski definition) is 4.